The lowest BCUT2D eigenvalue weighted by atomic mass is 9.87. The van der Waals surface area contributed by atoms with Gasteiger partial charge in [-0.2, -0.15) is 4.98 Å². The number of nitrogens with one attached hydrogen (secondary N) is 1. The highest BCUT2D eigenvalue weighted by atomic mass is 35.5. The number of halogens is 2. The van der Waals surface area contributed by atoms with E-state index in [1.807, 2.05) is 0 Å². The van der Waals surface area contributed by atoms with Crippen LogP contribution in [0.25, 0.3) is 0 Å². The third kappa shape index (κ3) is 5.40. The van der Waals surface area contributed by atoms with Crippen LogP contribution in [-0.2, 0) is 0 Å². The second-order valence-corrected chi connectivity index (χ2v) is 6.06. The Morgan fingerprint density at radius 3 is 2.67 bits per heavy atom. The molecule has 0 atom stereocenters. The Kier molecular flexibility index (Phi) is 6.16. The molecule has 0 saturated heterocycles. The van der Waals surface area contributed by atoms with E-state index in [9.17, 15) is 0 Å². The highest BCUT2D eigenvalue weighted by molar-refractivity contribution is 6.33. The monoisotopic (exact) mass is 289 g/mol. The second-order valence-electron chi connectivity index (χ2n) is 5.31. The van der Waals surface area contributed by atoms with Crippen molar-refractivity contribution >= 4 is 29.0 Å². The second kappa shape index (κ2) is 7.15. The molecular weight excluding hydrogens is 269 g/mol. The van der Waals surface area contributed by atoms with E-state index in [1.165, 1.54) is 31.9 Å². The summed E-state index contributed by atoms with van der Waals surface area (Å²) in [5.41, 5.74) is 0.218. The lowest BCUT2D eigenvalue weighted by molar-refractivity contribution is 0.342. The van der Waals surface area contributed by atoms with Crippen molar-refractivity contribution in [3.05, 3.63) is 16.5 Å². The van der Waals surface area contributed by atoms with Crippen molar-refractivity contribution < 1.29 is 0 Å². The minimum absolute atomic E-state index is 0.214. The first-order chi connectivity index (χ1) is 8.44. The number of hydrogen-bond acceptors (Lipinski definition) is 3. The highest BCUT2D eigenvalue weighted by Gasteiger charge is 2.18. The van der Waals surface area contributed by atoms with E-state index in [0.29, 0.717) is 10.8 Å². The molecule has 0 aliphatic heterocycles. The SMILES string of the molecule is CCCCCC(C)(C)CNc1nc(Cl)ncc1Cl. The molecular formula is C13H21Cl2N3. The molecule has 0 fully saturated rings. The summed E-state index contributed by atoms with van der Waals surface area (Å²) in [7, 11) is 0. The van der Waals surface area contributed by atoms with Crippen molar-refractivity contribution in [2.75, 3.05) is 11.9 Å². The lowest BCUT2D eigenvalue weighted by Crippen LogP contribution is -2.23. The summed E-state index contributed by atoms with van der Waals surface area (Å²) >= 11 is 11.8. The molecule has 0 saturated carbocycles. The molecule has 0 aliphatic carbocycles. The zero-order valence-electron chi connectivity index (χ0n) is 11.3. The van der Waals surface area contributed by atoms with E-state index in [4.69, 9.17) is 23.2 Å². The minimum atomic E-state index is 0.214. The Labute approximate surface area is 119 Å². The zero-order chi connectivity index (χ0) is 13.6. The van der Waals surface area contributed by atoms with E-state index in [1.54, 1.807) is 0 Å². The summed E-state index contributed by atoms with van der Waals surface area (Å²) < 4.78 is 0. The van der Waals surface area contributed by atoms with Gasteiger partial charge in [0, 0.05) is 6.54 Å². The molecule has 1 aromatic rings. The summed E-state index contributed by atoms with van der Waals surface area (Å²) in [4.78, 5) is 7.91. The summed E-state index contributed by atoms with van der Waals surface area (Å²) in [6.07, 6.45) is 6.48. The van der Waals surface area contributed by atoms with Crippen molar-refractivity contribution in [3.8, 4) is 0 Å². The van der Waals surface area contributed by atoms with Gasteiger partial charge in [-0.3, -0.25) is 0 Å². The summed E-state index contributed by atoms with van der Waals surface area (Å²) in [5.74, 6) is 0.611. The molecule has 0 radical (unpaired) electrons. The van der Waals surface area contributed by atoms with E-state index in [0.717, 1.165) is 6.54 Å². The standard InChI is InChI=1S/C13H21Cl2N3/c1-4-5-6-7-13(2,3)9-17-11-10(14)8-16-12(15)18-11/h8H,4-7,9H2,1-3H3,(H,16,17,18). The number of unbranched alkanes of at least 4 members (excludes halogenated alkanes) is 2. The Bertz CT molecular complexity index is 380. The number of nitrogens with zero attached hydrogens (tertiary/aromatic N) is 2. The Balaban J connectivity index is 2.50. The summed E-state index contributed by atoms with van der Waals surface area (Å²) in [6.45, 7) is 7.52. The highest BCUT2D eigenvalue weighted by Crippen LogP contribution is 2.26. The molecule has 0 spiro atoms. The van der Waals surface area contributed by atoms with Gasteiger partial charge < -0.3 is 5.32 Å². The molecule has 0 aromatic carbocycles. The van der Waals surface area contributed by atoms with Crippen LogP contribution in [-0.4, -0.2) is 16.5 Å². The normalized spacial score (nSPS) is 11.6. The van der Waals surface area contributed by atoms with Crippen LogP contribution in [0.1, 0.15) is 46.5 Å². The molecule has 1 heterocycles. The molecule has 3 nitrogen and oxygen atoms in total. The summed E-state index contributed by atoms with van der Waals surface area (Å²) in [6, 6.07) is 0. The van der Waals surface area contributed by atoms with Gasteiger partial charge in [-0.1, -0.05) is 51.6 Å². The van der Waals surface area contributed by atoms with Gasteiger partial charge in [-0.25, -0.2) is 4.98 Å². The van der Waals surface area contributed by atoms with Crippen LogP contribution < -0.4 is 5.32 Å². The van der Waals surface area contributed by atoms with Gasteiger partial charge in [-0.05, 0) is 23.4 Å². The zero-order valence-corrected chi connectivity index (χ0v) is 12.8. The molecule has 0 aliphatic rings. The Morgan fingerprint density at radius 2 is 2.00 bits per heavy atom. The van der Waals surface area contributed by atoms with E-state index < -0.39 is 0 Å². The van der Waals surface area contributed by atoms with Crippen molar-refractivity contribution in [1.82, 2.24) is 9.97 Å². The maximum atomic E-state index is 6.01. The van der Waals surface area contributed by atoms with Crippen LogP contribution in [0.15, 0.2) is 6.20 Å². The van der Waals surface area contributed by atoms with E-state index in [-0.39, 0.29) is 10.7 Å². The van der Waals surface area contributed by atoms with Gasteiger partial charge >= 0.3 is 0 Å². The number of hydrogen-bond donors (Lipinski definition) is 1. The molecule has 1 rings (SSSR count). The Morgan fingerprint density at radius 1 is 1.28 bits per heavy atom. The molecule has 1 N–H and O–H groups in total. The third-order valence-electron chi connectivity index (χ3n) is 2.91. The number of rotatable bonds is 7. The Hall–Kier alpha value is -0.540. The fourth-order valence-corrected chi connectivity index (χ4v) is 2.03. The molecule has 0 amide bonds. The van der Waals surface area contributed by atoms with Crippen LogP contribution in [0.5, 0.6) is 0 Å². The van der Waals surface area contributed by atoms with Gasteiger partial charge in [0.05, 0.1) is 6.20 Å². The molecule has 102 valence electrons. The van der Waals surface area contributed by atoms with Gasteiger partial charge in [0.15, 0.2) is 0 Å². The molecule has 0 unspecified atom stereocenters. The number of anilines is 1. The third-order valence-corrected chi connectivity index (χ3v) is 3.36. The largest absolute Gasteiger partial charge is 0.368 e. The first kappa shape index (κ1) is 15.5. The molecule has 5 heteroatoms. The molecule has 18 heavy (non-hydrogen) atoms. The topological polar surface area (TPSA) is 37.8 Å². The van der Waals surface area contributed by atoms with Gasteiger partial charge in [-0.15, -0.1) is 0 Å². The van der Waals surface area contributed by atoms with Crippen molar-refractivity contribution in [2.24, 2.45) is 5.41 Å². The van der Waals surface area contributed by atoms with Crippen molar-refractivity contribution in [1.29, 1.82) is 0 Å². The fourth-order valence-electron chi connectivity index (χ4n) is 1.73. The van der Waals surface area contributed by atoms with Crippen LogP contribution in [0.3, 0.4) is 0 Å². The maximum Gasteiger partial charge on any atom is 0.224 e. The van der Waals surface area contributed by atoms with Gasteiger partial charge in [0.25, 0.3) is 0 Å². The first-order valence-electron chi connectivity index (χ1n) is 6.36. The van der Waals surface area contributed by atoms with Crippen molar-refractivity contribution in [3.63, 3.8) is 0 Å². The van der Waals surface area contributed by atoms with Gasteiger partial charge in [0.2, 0.25) is 5.28 Å². The van der Waals surface area contributed by atoms with Crippen LogP contribution in [0.2, 0.25) is 10.3 Å². The van der Waals surface area contributed by atoms with E-state index >= 15 is 0 Å². The molecule has 1 aromatic heterocycles. The van der Waals surface area contributed by atoms with Crippen LogP contribution in [0, 0.1) is 5.41 Å². The van der Waals surface area contributed by atoms with E-state index in [2.05, 4.69) is 36.1 Å². The number of aromatic nitrogens is 2. The summed E-state index contributed by atoms with van der Waals surface area (Å²) in [5, 5.41) is 3.97. The van der Waals surface area contributed by atoms with Crippen LogP contribution >= 0.6 is 23.2 Å². The average Bonchev–Trinajstić information content (AvgIpc) is 2.31. The maximum absolute atomic E-state index is 6.01. The van der Waals surface area contributed by atoms with Crippen LogP contribution in [0.4, 0.5) is 5.82 Å². The molecule has 0 bridgehead atoms. The van der Waals surface area contributed by atoms with Crippen molar-refractivity contribution in [2.45, 2.75) is 46.5 Å². The first-order valence-corrected chi connectivity index (χ1v) is 7.12. The fraction of sp³-hybridized carbons (Fsp3) is 0.692. The average molecular weight is 290 g/mol. The van der Waals surface area contributed by atoms with Gasteiger partial charge in [0.1, 0.15) is 10.8 Å². The predicted molar refractivity (Wildman–Crippen MR) is 78.5 cm³/mol. The smallest absolute Gasteiger partial charge is 0.224 e. The minimum Gasteiger partial charge on any atom is -0.368 e. The predicted octanol–water partition coefficient (Wildman–Crippen LogP) is 4.80. The lowest BCUT2D eigenvalue weighted by Gasteiger charge is -2.25. The quantitative estimate of drug-likeness (QED) is 0.579.